The molecule has 0 radical (unpaired) electrons. The third-order valence-corrected chi connectivity index (χ3v) is 10.5. The number of fused-ring (bicyclic) bond motifs is 2. The number of para-hydroxylation sites is 2. The molecule has 0 saturated carbocycles. The van der Waals surface area contributed by atoms with Crippen LogP contribution in [0, 0.1) is 0 Å². The molecule has 0 fully saturated rings. The molecule has 6 aromatic rings. The molecule has 2 aliphatic heterocycles. The van der Waals surface area contributed by atoms with Gasteiger partial charge in [0.15, 0.2) is 0 Å². The van der Waals surface area contributed by atoms with Crippen LogP contribution >= 0.6 is 23.2 Å². The maximum Gasteiger partial charge on any atom is 0.252 e. The van der Waals surface area contributed by atoms with Crippen molar-refractivity contribution >= 4 is 69.3 Å². The highest BCUT2D eigenvalue weighted by molar-refractivity contribution is 6.95. The number of hydrogen-bond donors (Lipinski definition) is 0. The molecule has 0 amide bonds. The lowest BCUT2D eigenvalue weighted by Gasteiger charge is -2.46. The first-order valence-electron chi connectivity index (χ1n) is 17.7. The predicted octanol–water partition coefficient (Wildman–Crippen LogP) is 12.6. The lowest BCUT2D eigenvalue weighted by Crippen LogP contribution is -2.56. The molecule has 0 unspecified atom stereocenters. The minimum absolute atomic E-state index is 0.119. The Bertz CT molecular complexity index is 2400. The summed E-state index contributed by atoms with van der Waals surface area (Å²) in [5, 5.41) is 1.38. The van der Waals surface area contributed by atoms with E-state index in [0.29, 0.717) is 10.1 Å². The van der Waals surface area contributed by atoms with Gasteiger partial charge in [0, 0.05) is 43.9 Å². The molecule has 2 nitrogen and oxygen atoms in total. The van der Waals surface area contributed by atoms with Crippen molar-refractivity contribution in [3.63, 3.8) is 0 Å². The van der Waals surface area contributed by atoms with Crippen LogP contribution in [0.2, 0.25) is 5.02 Å². The van der Waals surface area contributed by atoms with Crippen molar-refractivity contribution < 1.29 is 0 Å². The zero-order valence-corrected chi connectivity index (χ0v) is 31.4. The molecule has 5 heteroatoms. The summed E-state index contributed by atoms with van der Waals surface area (Å²) in [5.74, 6) is 0. The number of anilines is 5. The van der Waals surface area contributed by atoms with Crippen molar-refractivity contribution in [3.05, 3.63) is 185 Å². The van der Waals surface area contributed by atoms with Gasteiger partial charge in [0.05, 0.1) is 11.4 Å². The molecule has 2 aliphatic rings. The van der Waals surface area contributed by atoms with Gasteiger partial charge in [-0.2, -0.15) is 0 Å². The summed E-state index contributed by atoms with van der Waals surface area (Å²) in [6, 6.07) is 49.7. The number of halogens is 2. The van der Waals surface area contributed by atoms with Crippen LogP contribution in [0.15, 0.2) is 174 Å². The molecule has 254 valence electrons. The fourth-order valence-corrected chi connectivity index (χ4v) is 8.10. The Labute approximate surface area is 318 Å². The summed E-state index contributed by atoms with van der Waals surface area (Å²) in [4.78, 5) is 4.85. The SMILES string of the molecule is C=CC1=C(/C=C(\C)Cl)N(c2ccccc2-c2ccccc2)c2cc(C(C)(C)C)cc3c2B1c1ccc(Cl)cc1N3c1ccccc1-c1ccccc1. The molecule has 2 heterocycles. The highest BCUT2D eigenvalue weighted by atomic mass is 35.5. The first-order valence-corrected chi connectivity index (χ1v) is 18.5. The van der Waals surface area contributed by atoms with E-state index < -0.39 is 0 Å². The Hall–Kier alpha value is -5.22. The van der Waals surface area contributed by atoms with Crippen molar-refractivity contribution in [3.8, 4) is 22.3 Å². The first kappa shape index (κ1) is 33.9. The molecule has 0 aliphatic carbocycles. The van der Waals surface area contributed by atoms with Gasteiger partial charge in [0.25, 0.3) is 6.71 Å². The van der Waals surface area contributed by atoms with Crippen LogP contribution in [0.3, 0.4) is 0 Å². The van der Waals surface area contributed by atoms with E-state index in [0.717, 1.165) is 67.3 Å². The summed E-state index contributed by atoms with van der Waals surface area (Å²) >= 11 is 13.8. The van der Waals surface area contributed by atoms with Crippen LogP contribution in [0.25, 0.3) is 22.3 Å². The van der Waals surface area contributed by atoms with E-state index in [-0.39, 0.29) is 12.1 Å². The largest absolute Gasteiger partial charge is 0.311 e. The lowest BCUT2D eigenvalue weighted by molar-refractivity contribution is 0.590. The topological polar surface area (TPSA) is 6.48 Å². The minimum Gasteiger partial charge on any atom is -0.311 e. The molecule has 0 saturated heterocycles. The van der Waals surface area contributed by atoms with E-state index in [1.54, 1.807) is 0 Å². The molecule has 0 N–H and O–H groups in total. The maximum absolute atomic E-state index is 6.91. The quantitative estimate of drug-likeness (QED) is 0.159. The molecule has 0 aromatic heterocycles. The molecular formula is C47H39BCl2N2. The van der Waals surface area contributed by atoms with Crippen molar-refractivity contribution in [2.75, 3.05) is 9.80 Å². The lowest BCUT2D eigenvalue weighted by atomic mass is 9.32. The second kappa shape index (κ2) is 13.4. The summed E-state index contributed by atoms with van der Waals surface area (Å²) in [5.41, 5.74) is 15.5. The van der Waals surface area contributed by atoms with Crippen molar-refractivity contribution in [1.29, 1.82) is 0 Å². The standard InChI is InChI=1S/C47H39BCl2N2/c1-6-38-42(27-31(2)49)51(40-23-15-13-21-36(40)32-17-9-7-10-18-32)44-28-34(47(3,4)5)29-45-46(44)48(38)39-26-25-35(50)30-43(39)52(45)41-24-16-14-22-37(41)33-19-11-8-12-20-33/h6-30H,1H2,2-5H3/b31-27+. The normalized spacial score (nSPS) is 14.0. The third-order valence-electron chi connectivity index (χ3n) is 10.2. The monoisotopic (exact) mass is 712 g/mol. The Morgan fingerprint density at radius 2 is 1.15 bits per heavy atom. The Kier molecular flexibility index (Phi) is 8.74. The molecule has 0 atom stereocenters. The number of nitrogens with zero attached hydrogens (tertiary/aromatic N) is 2. The van der Waals surface area contributed by atoms with E-state index in [4.69, 9.17) is 23.2 Å². The highest BCUT2D eigenvalue weighted by Crippen LogP contribution is 2.50. The first-order chi connectivity index (χ1) is 25.2. The molecule has 8 rings (SSSR count). The predicted molar refractivity (Wildman–Crippen MR) is 226 cm³/mol. The summed E-state index contributed by atoms with van der Waals surface area (Å²) < 4.78 is 0. The van der Waals surface area contributed by atoms with Crippen LogP contribution < -0.4 is 20.7 Å². The van der Waals surface area contributed by atoms with Crippen molar-refractivity contribution in [1.82, 2.24) is 0 Å². The van der Waals surface area contributed by atoms with Gasteiger partial charge in [-0.3, -0.25) is 0 Å². The van der Waals surface area contributed by atoms with E-state index in [2.05, 4.69) is 177 Å². The van der Waals surface area contributed by atoms with E-state index in [9.17, 15) is 0 Å². The van der Waals surface area contributed by atoms with Crippen LogP contribution in [-0.4, -0.2) is 6.71 Å². The average molecular weight is 714 g/mol. The van der Waals surface area contributed by atoms with Gasteiger partial charge < -0.3 is 9.80 Å². The zero-order valence-electron chi connectivity index (χ0n) is 29.9. The smallest absolute Gasteiger partial charge is 0.252 e. The third kappa shape index (κ3) is 5.79. The van der Waals surface area contributed by atoms with Crippen molar-refractivity contribution in [2.45, 2.75) is 33.1 Å². The van der Waals surface area contributed by atoms with Crippen LogP contribution in [0.4, 0.5) is 28.4 Å². The highest BCUT2D eigenvalue weighted by Gasteiger charge is 2.44. The number of allylic oxidation sites excluding steroid dienone is 4. The van der Waals surface area contributed by atoms with E-state index in [1.807, 2.05) is 19.1 Å². The Balaban J connectivity index is 1.53. The van der Waals surface area contributed by atoms with Crippen molar-refractivity contribution in [2.24, 2.45) is 0 Å². The average Bonchev–Trinajstić information content (AvgIpc) is 3.15. The fraction of sp³-hybridized carbons (Fsp3) is 0.106. The Morgan fingerprint density at radius 3 is 1.69 bits per heavy atom. The molecule has 52 heavy (non-hydrogen) atoms. The molecular weight excluding hydrogens is 674 g/mol. The summed E-state index contributed by atoms with van der Waals surface area (Å²) in [6.45, 7) is 13.1. The van der Waals surface area contributed by atoms with E-state index in [1.165, 1.54) is 11.0 Å². The Morgan fingerprint density at radius 1 is 0.635 bits per heavy atom. The second-order valence-electron chi connectivity index (χ2n) is 14.5. The van der Waals surface area contributed by atoms with Gasteiger partial charge in [-0.25, -0.2) is 0 Å². The van der Waals surface area contributed by atoms with Gasteiger partial charge in [0.2, 0.25) is 0 Å². The van der Waals surface area contributed by atoms with Gasteiger partial charge in [-0.05, 0) is 87.9 Å². The summed E-state index contributed by atoms with van der Waals surface area (Å²) in [7, 11) is 0. The fourth-order valence-electron chi connectivity index (χ4n) is 7.83. The van der Waals surface area contributed by atoms with Crippen LogP contribution in [-0.2, 0) is 5.41 Å². The minimum atomic E-state index is -0.161. The molecule has 0 bridgehead atoms. The molecule has 6 aromatic carbocycles. The number of rotatable bonds is 6. The number of benzene rings is 6. The van der Waals surface area contributed by atoms with Gasteiger partial charge >= 0.3 is 0 Å². The summed E-state index contributed by atoms with van der Waals surface area (Å²) in [6.07, 6.45) is 4.12. The second-order valence-corrected chi connectivity index (χ2v) is 15.6. The molecule has 0 spiro atoms. The van der Waals surface area contributed by atoms with Gasteiger partial charge in [0.1, 0.15) is 0 Å². The van der Waals surface area contributed by atoms with Crippen LogP contribution in [0.1, 0.15) is 33.3 Å². The number of hydrogen-bond acceptors (Lipinski definition) is 2. The zero-order chi connectivity index (χ0) is 36.1. The van der Waals surface area contributed by atoms with Crippen LogP contribution in [0.5, 0.6) is 0 Å². The van der Waals surface area contributed by atoms with Gasteiger partial charge in [-0.1, -0.05) is 160 Å². The van der Waals surface area contributed by atoms with Gasteiger partial charge in [-0.15, -0.1) is 0 Å². The maximum atomic E-state index is 6.91. The van der Waals surface area contributed by atoms with E-state index >= 15 is 0 Å².